The van der Waals surface area contributed by atoms with E-state index >= 15 is 0 Å². The van der Waals surface area contributed by atoms with Gasteiger partial charge in [0.25, 0.3) is 0 Å². The Morgan fingerprint density at radius 2 is 1.83 bits per heavy atom. The van der Waals surface area contributed by atoms with Crippen molar-refractivity contribution in [1.29, 1.82) is 0 Å². The van der Waals surface area contributed by atoms with Crippen LogP contribution in [0.4, 0.5) is 0 Å². The van der Waals surface area contributed by atoms with Gasteiger partial charge in [-0.2, -0.15) is 0 Å². The zero-order chi connectivity index (χ0) is 16.4. The van der Waals surface area contributed by atoms with Crippen molar-refractivity contribution in [1.82, 2.24) is 14.7 Å². The first kappa shape index (κ1) is 17.2. The smallest absolute Gasteiger partial charge is 0.0200 e. The first-order chi connectivity index (χ1) is 10.9. The number of hydrogen-bond acceptors (Lipinski definition) is 3. The summed E-state index contributed by atoms with van der Waals surface area (Å²) in [5.74, 6) is 0.724. The lowest BCUT2D eigenvalue weighted by molar-refractivity contribution is 0.0910. The molecule has 0 aromatic rings. The number of likely N-dealkylation sites (N-methyl/N-ethyl adjacent to an activating group) is 1. The predicted octanol–water partition coefficient (Wildman–Crippen LogP) is 3.00. The van der Waals surface area contributed by atoms with E-state index in [-0.39, 0.29) is 0 Å². The molecular weight excluding hydrogens is 282 g/mol. The van der Waals surface area contributed by atoms with Crippen molar-refractivity contribution in [3.05, 3.63) is 23.8 Å². The SMILES string of the molecule is CN1CCN(CC2=CC=CCC2[C@H]2CCCN2C(C)(C)C)CC1. The average Bonchev–Trinajstić information content (AvgIpc) is 3.00. The van der Waals surface area contributed by atoms with E-state index in [0.717, 1.165) is 12.0 Å². The van der Waals surface area contributed by atoms with Gasteiger partial charge in [0, 0.05) is 50.2 Å². The molecule has 2 atom stereocenters. The van der Waals surface area contributed by atoms with E-state index in [2.05, 4.69) is 60.7 Å². The molecule has 2 fully saturated rings. The van der Waals surface area contributed by atoms with Gasteiger partial charge in [0.15, 0.2) is 0 Å². The minimum absolute atomic E-state index is 0.293. The van der Waals surface area contributed by atoms with Crippen molar-refractivity contribution in [3.63, 3.8) is 0 Å². The van der Waals surface area contributed by atoms with Gasteiger partial charge in [-0.05, 0) is 53.6 Å². The number of piperazine rings is 1. The van der Waals surface area contributed by atoms with Gasteiger partial charge in [-0.1, -0.05) is 23.8 Å². The van der Waals surface area contributed by atoms with Crippen LogP contribution in [0.2, 0.25) is 0 Å². The summed E-state index contributed by atoms with van der Waals surface area (Å²) < 4.78 is 0. The molecule has 130 valence electrons. The van der Waals surface area contributed by atoms with Crippen molar-refractivity contribution in [2.24, 2.45) is 5.92 Å². The molecule has 2 saturated heterocycles. The van der Waals surface area contributed by atoms with Crippen LogP contribution in [0.15, 0.2) is 23.8 Å². The van der Waals surface area contributed by atoms with Crippen molar-refractivity contribution < 1.29 is 0 Å². The van der Waals surface area contributed by atoms with Crippen LogP contribution in [0.25, 0.3) is 0 Å². The van der Waals surface area contributed by atoms with Crippen LogP contribution in [0.5, 0.6) is 0 Å². The molecule has 2 heterocycles. The molecule has 1 unspecified atom stereocenters. The maximum Gasteiger partial charge on any atom is 0.0200 e. The lowest BCUT2D eigenvalue weighted by Crippen LogP contribution is -2.49. The lowest BCUT2D eigenvalue weighted by Gasteiger charge is -2.43. The zero-order valence-corrected chi connectivity index (χ0v) is 15.6. The highest BCUT2D eigenvalue weighted by Gasteiger charge is 2.38. The number of rotatable bonds is 3. The molecule has 3 nitrogen and oxygen atoms in total. The van der Waals surface area contributed by atoms with E-state index in [1.807, 2.05) is 0 Å². The molecule has 0 aromatic carbocycles. The van der Waals surface area contributed by atoms with E-state index in [1.165, 1.54) is 58.5 Å². The maximum atomic E-state index is 2.77. The number of allylic oxidation sites excluding steroid dienone is 3. The van der Waals surface area contributed by atoms with Crippen LogP contribution in [-0.2, 0) is 0 Å². The number of likely N-dealkylation sites (tertiary alicyclic amines) is 1. The predicted molar refractivity (Wildman–Crippen MR) is 98.7 cm³/mol. The molecule has 23 heavy (non-hydrogen) atoms. The summed E-state index contributed by atoms with van der Waals surface area (Å²) in [7, 11) is 2.24. The van der Waals surface area contributed by atoms with Crippen molar-refractivity contribution >= 4 is 0 Å². The topological polar surface area (TPSA) is 9.72 Å². The molecule has 1 aliphatic carbocycles. The molecule has 0 amide bonds. The molecule has 3 rings (SSSR count). The third-order valence-electron chi connectivity index (χ3n) is 5.94. The van der Waals surface area contributed by atoms with E-state index in [4.69, 9.17) is 0 Å². The fourth-order valence-electron chi connectivity index (χ4n) is 4.57. The molecule has 0 aromatic heterocycles. The normalized spacial score (nSPS) is 31.6. The summed E-state index contributed by atoms with van der Waals surface area (Å²) >= 11 is 0. The fourth-order valence-corrected chi connectivity index (χ4v) is 4.57. The van der Waals surface area contributed by atoms with Gasteiger partial charge in [0.05, 0.1) is 0 Å². The summed E-state index contributed by atoms with van der Waals surface area (Å²) in [6, 6.07) is 0.735. The standard InChI is InChI=1S/C20H35N3/c1-20(2,3)23-11-7-10-19(23)18-9-6-5-8-17(18)16-22-14-12-21(4)13-15-22/h5-6,8,18-19H,7,9-16H2,1-4H3/t18?,19-/m1/s1. The van der Waals surface area contributed by atoms with E-state index in [0.29, 0.717) is 5.54 Å². The van der Waals surface area contributed by atoms with Crippen LogP contribution >= 0.6 is 0 Å². The fraction of sp³-hybridized carbons (Fsp3) is 0.800. The molecule has 3 aliphatic rings. The lowest BCUT2D eigenvalue weighted by atomic mass is 9.82. The van der Waals surface area contributed by atoms with Crippen LogP contribution in [0, 0.1) is 5.92 Å². The zero-order valence-electron chi connectivity index (χ0n) is 15.6. The van der Waals surface area contributed by atoms with Crippen molar-refractivity contribution in [2.45, 2.75) is 51.6 Å². The molecule has 0 saturated carbocycles. The third kappa shape index (κ3) is 4.07. The Balaban J connectivity index is 1.68. The largest absolute Gasteiger partial charge is 0.304 e. The first-order valence-corrected chi connectivity index (χ1v) is 9.48. The minimum atomic E-state index is 0.293. The van der Waals surface area contributed by atoms with Gasteiger partial charge < -0.3 is 4.90 Å². The third-order valence-corrected chi connectivity index (χ3v) is 5.94. The highest BCUT2D eigenvalue weighted by molar-refractivity contribution is 5.25. The van der Waals surface area contributed by atoms with Crippen LogP contribution in [0.3, 0.4) is 0 Å². The Hall–Kier alpha value is -0.640. The Bertz CT molecular complexity index is 452. The Morgan fingerprint density at radius 1 is 1.09 bits per heavy atom. The Labute approximate surface area is 143 Å². The van der Waals surface area contributed by atoms with E-state index in [9.17, 15) is 0 Å². The van der Waals surface area contributed by atoms with Gasteiger partial charge in [-0.3, -0.25) is 9.80 Å². The average molecular weight is 318 g/mol. The second-order valence-corrected chi connectivity index (χ2v) is 8.67. The molecule has 2 aliphatic heterocycles. The maximum absolute atomic E-state index is 2.77. The van der Waals surface area contributed by atoms with Gasteiger partial charge in [0.1, 0.15) is 0 Å². The monoisotopic (exact) mass is 317 g/mol. The summed E-state index contributed by atoms with van der Waals surface area (Å²) in [5, 5.41) is 0. The van der Waals surface area contributed by atoms with Crippen LogP contribution in [0.1, 0.15) is 40.0 Å². The molecule has 0 spiro atoms. The molecule has 0 N–H and O–H groups in total. The highest BCUT2D eigenvalue weighted by atomic mass is 15.3. The molecular formula is C20H35N3. The van der Waals surface area contributed by atoms with Gasteiger partial charge >= 0.3 is 0 Å². The summed E-state index contributed by atoms with van der Waals surface area (Å²) in [6.07, 6.45) is 11.1. The first-order valence-electron chi connectivity index (χ1n) is 9.48. The Morgan fingerprint density at radius 3 is 2.52 bits per heavy atom. The number of hydrogen-bond donors (Lipinski definition) is 0. The molecule has 3 heteroatoms. The summed E-state index contributed by atoms with van der Waals surface area (Å²) in [6.45, 7) is 14.5. The molecule has 0 radical (unpaired) electrons. The highest BCUT2D eigenvalue weighted by Crippen LogP contribution is 2.37. The Kier molecular flexibility index (Phi) is 5.29. The van der Waals surface area contributed by atoms with Crippen molar-refractivity contribution in [2.75, 3.05) is 46.3 Å². The van der Waals surface area contributed by atoms with Crippen LogP contribution < -0.4 is 0 Å². The number of nitrogens with zero attached hydrogens (tertiary/aromatic N) is 3. The minimum Gasteiger partial charge on any atom is -0.304 e. The summed E-state index contributed by atoms with van der Waals surface area (Å²) in [5.41, 5.74) is 1.97. The second-order valence-electron chi connectivity index (χ2n) is 8.67. The van der Waals surface area contributed by atoms with E-state index < -0.39 is 0 Å². The van der Waals surface area contributed by atoms with Gasteiger partial charge in [0.2, 0.25) is 0 Å². The van der Waals surface area contributed by atoms with Crippen LogP contribution in [-0.4, -0.2) is 72.6 Å². The summed E-state index contributed by atoms with van der Waals surface area (Å²) in [4.78, 5) is 7.88. The second kappa shape index (κ2) is 7.08. The van der Waals surface area contributed by atoms with Gasteiger partial charge in [-0.15, -0.1) is 0 Å². The van der Waals surface area contributed by atoms with E-state index in [1.54, 1.807) is 5.57 Å². The molecule has 0 bridgehead atoms. The van der Waals surface area contributed by atoms with Crippen molar-refractivity contribution in [3.8, 4) is 0 Å². The van der Waals surface area contributed by atoms with Gasteiger partial charge in [-0.25, -0.2) is 0 Å². The quantitative estimate of drug-likeness (QED) is 0.792.